The van der Waals surface area contributed by atoms with E-state index < -0.39 is 0 Å². The van der Waals surface area contributed by atoms with Crippen LogP contribution >= 0.6 is 8.58 Å². The van der Waals surface area contributed by atoms with Crippen molar-refractivity contribution < 1.29 is 53.5 Å². The van der Waals surface area contributed by atoms with E-state index in [1.807, 2.05) is 12.1 Å². The van der Waals surface area contributed by atoms with E-state index in [1.165, 1.54) is 12.8 Å². The predicted octanol–water partition coefficient (Wildman–Crippen LogP) is 7.76. The van der Waals surface area contributed by atoms with Gasteiger partial charge in [-0.25, -0.2) is 0 Å². The van der Waals surface area contributed by atoms with E-state index in [-0.39, 0.29) is 34.4 Å². The Morgan fingerprint density at radius 1 is 0.592 bits per heavy atom. The number of hydrogen-bond donors (Lipinski definition) is 0. The van der Waals surface area contributed by atoms with Gasteiger partial charge in [-0.3, -0.25) is 4.79 Å². The van der Waals surface area contributed by atoms with E-state index in [2.05, 4.69) is 41.5 Å². The van der Waals surface area contributed by atoms with Crippen LogP contribution in [0.4, 0.5) is 0 Å². The Morgan fingerprint density at radius 2 is 0.980 bits per heavy atom. The summed E-state index contributed by atoms with van der Waals surface area (Å²) < 4.78 is 36.6. The zero-order valence-corrected chi connectivity index (χ0v) is 33.5. The Bertz CT molecular complexity index is 1150. The van der Waals surface area contributed by atoms with Crippen LogP contribution in [0.25, 0.3) is 0 Å². The number of benzene rings is 2. The van der Waals surface area contributed by atoms with Crippen molar-refractivity contribution in [3.8, 4) is 34.5 Å². The summed E-state index contributed by atoms with van der Waals surface area (Å²) in [4.78, 5) is 14.3. The number of carbonyl (C=O) groups excluding carboxylic acids is 1. The molecule has 0 saturated carbocycles. The van der Waals surface area contributed by atoms with E-state index in [0.29, 0.717) is 71.9 Å². The van der Waals surface area contributed by atoms with Crippen LogP contribution in [0, 0.1) is 17.8 Å². The largest absolute Gasteiger partial charge is 1.00 e. The molecule has 2 rings (SSSR count). The summed E-state index contributed by atoms with van der Waals surface area (Å²) >= 11 is 0. The Labute approximate surface area is 313 Å². The molecule has 7 nitrogen and oxygen atoms in total. The van der Waals surface area contributed by atoms with Gasteiger partial charge >= 0.3 is 18.9 Å². The van der Waals surface area contributed by atoms with Gasteiger partial charge in [0.2, 0.25) is 0 Å². The molecule has 0 aliphatic rings. The fourth-order valence-corrected chi connectivity index (χ4v) is 6.86. The second-order valence-electron chi connectivity index (χ2n) is 12.8. The van der Waals surface area contributed by atoms with Crippen LogP contribution in [-0.4, -0.2) is 46.7 Å². The van der Waals surface area contributed by atoms with Crippen molar-refractivity contribution in [1.29, 1.82) is 0 Å². The van der Waals surface area contributed by atoms with Crippen molar-refractivity contribution in [2.24, 2.45) is 17.8 Å². The summed E-state index contributed by atoms with van der Waals surface area (Å²) in [6.45, 7) is 15.1. The van der Waals surface area contributed by atoms with Gasteiger partial charge in [0.1, 0.15) is 40.1 Å². The molecule has 0 aliphatic carbocycles. The second-order valence-corrected chi connectivity index (χ2v) is 14.0. The molecule has 0 amide bonds. The van der Waals surface area contributed by atoms with Crippen LogP contribution in [0.2, 0.25) is 0 Å². The summed E-state index contributed by atoms with van der Waals surface area (Å²) in [5.74, 6) is 4.71. The number of methoxy groups -OCH3 is 3. The van der Waals surface area contributed by atoms with Gasteiger partial charge in [-0.2, -0.15) is 0 Å². The van der Waals surface area contributed by atoms with Crippen LogP contribution < -0.4 is 52.6 Å². The Hall–Kier alpha value is -2.06. The number of rotatable bonds is 27. The number of unbranched alkanes of at least 4 members (excludes halogenated alkanes) is 3. The number of carbonyl (C=O) groups is 1. The van der Waals surface area contributed by atoms with E-state index in [1.54, 1.807) is 33.5 Å². The fourth-order valence-electron chi connectivity index (χ4n) is 5.73. The van der Waals surface area contributed by atoms with Crippen molar-refractivity contribution in [1.82, 2.24) is 0 Å². The SMILES string of the molecule is CCCCC(CC)COc1cc(OCC(CC)CCCC)c(PC(=O)c2c(OC)cc(OC)cc2OC)c(OCC(CC)CCCC)c1.[H-].[Li+]. The summed E-state index contributed by atoms with van der Waals surface area (Å²) in [6, 6.07) is 7.37. The predicted molar refractivity (Wildman–Crippen MR) is 202 cm³/mol. The van der Waals surface area contributed by atoms with Gasteiger partial charge in [-0.15, -0.1) is 0 Å². The third kappa shape index (κ3) is 15.0. The van der Waals surface area contributed by atoms with E-state index in [4.69, 9.17) is 28.4 Å². The van der Waals surface area contributed by atoms with E-state index >= 15 is 0 Å². The molecule has 2 aromatic carbocycles. The first-order valence-electron chi connectivity index (χ1n) is 18.5. The number of hydrogen-bond acceptors (Lipinski definition) is 7. The van der Waals surface area contributed by atoms with Crippen molar-refractivity contribution in [3.63, 3.8) is 0 Å². The quantitative estimate of drug-likeness (QED) is 0.0699. The molecule has 0 fully saturated rings. The molecule has 0 spiro atoms. The number of ether oxygens (including phenoxy) is 6. The summed E-state index contributed by atoms with van der Waals surface area (Å²) in [5, 5.41) is 0.751. The normalized spacial score (nSPS) is 13.0. The summed E-state index contributed by atoms with van der Waals surface area (Å²) in [5.41, 5.74) is 0.248. The fraction of sp³-hybridized carbons (Fsp3) is 0.675. The average molecular weight is 697 g/mol. The first kappa shape index (κ1) is 45.0. The minimum Gasteiger partial charge on any atom is -1.00 e. The molecule has 0 saturated heterocycles. The third-order valence-electron chi connectivity index (χ3n) is 9.28. The van der Waals surface area contributed by atoms with Gasteiger partial charge in [0, 0.05) is 24.3 Å². The van der Waals surface area contributed by atoms with Crippen LogP contribution in [0.15, 0.2) is 24.3 Å². The zero-order chi connectivity index (χ0) is 35.3. The Kier molecular flexibility index (Phi) is 23.7. The first-order valence-corrected chi connectivity index (χ1v) is 19.5. The molecule has 4 atom stereocenters. The molecule has 0 aromatic heterocycles. The first-order chi connectivity index (χ1) is 23.3. The maximum atomic E-state index is 14.3. The maximum absolute atomic E-state index is 14.3. The third-order valence-corrected chi connectivity index (χ3v) is 10.5. The zero-order valence-electron chi connectivity index (χ0n) is 33.5. The average Bonchev–Trinajstić information content (AvgIpc) is 3.11. The second kappa shape index (κ2) is 25.8. The standard InChI is InChI=1S/C40H65O7P.Li.H/c1-10-16-19-29(13-4)26-45-33-24-36(46-27-30(14-5)20-17-11-2)39(37(25-33)47-28-31(15-6)21-18-12-3)48-40(41)38-34(43-8)22-32(42-7)23-35(38)44-9;;/h22-25,29-31,48H,10-21,26-28H2,1-9H3;;/q;+1;-1. The molecule has 9 heteroatoms. The van der Waals surface area contributed by atoms with Crippen LogP contribution in [-0.2, 0) is 0 Å². The molecule has 0 N–H and O–H groups in total. The van der Waals surface area contributed by atoms with Crippen molar-refractivity contribution in [2.45, 2.75) is 119 Å². The molecule has 2 aromatic rings. The van der Waals surface area contributed by atoms with Crippen LogP contribution in [0.1, 0.15) is 130 Å². The molecular weight excluding hydrogens is 630 g/mol. The molecule has 0 heterocycles. The molecule has 0 bridgehead atoms. The van der Waals surface area contributed by atoms with Crippen LogP contribution in [0.5, 0.6) is 34.5 Å². The summed E-state index contributed by atoms with van der Waals surface area (Å²) in [7, 11) is 4.39. The van der Waals surface area contributed by atoms with E-state index in [0.717, 1.165) is 75.3 Å². The molecule has 4 unspecified atom stereocenters. The van der Waals surface area contributed by atoms with Gasteiger partial charge in [0.15, 0.2) is 5.52 Å². The Morgan fingerprint density at radius 3 is 1.33 bits per heavy atom. The van der Waals surface area contributed by atoms with Crippen molar-refractivity contribution in [2.75, 3.05) is 41.2 Å². The van der Waals surface area contributed by atoms with Gasteiger partial charge < -0.3 is 29.8 Å². The van der Waals surface area contributed by atoms with Gasteiger partial charge in [-0.1, -0.05) is 99.3 Å². The molecule has 49 heavy (non-hydrogen) atoms. The maximum Gasteiger partial charge on any atom is 1.00 e. The topological polar surface area (TPSA) is 72.5 Å². The van der Waals surface area contributed by atoms with Crippen LogP contribution in [0.3, 0.4) is 0 Å². The van der Waals surface area contributed by atoms with Gasteiger partial charge in [0.05, 0.1) is 46.5 Å². The summed E-state index contributed by atoms with van der Waals surface area (Å²) in [6.07, 6.45) is 13.5. The van der Waals surface area contributed by atoms with Gasteiger partial charge in [-0.05, 0) is 45.6 Å². The van der Waals surface area contributed by atoms with E-state index in [9.17, 15) is 4.79 Å². The molecular formula is C40H66LiO7P. The van der Waals surface area contributed by atoms with Crippen molar-refractivity contribution in [3.05, 3.63) is 29.8 Å². The van der Waals surface area contributed by atoms with Gasteiger partial charge in [0.25, 0.3) is 0 Å². The molecule has 274 valence electrons. The monoisotopic (exact) mass is 696 g/mol. The Balaban J connectivity index is 0.0000120. The minimum atomic E-state index is -0.292. The molecule has 0 radical (unpaired) electrons. The minimum absolute atomic E-state index is 0. The molecule has 0 aliphatic heterocycles. The van der Waals surface area contributed by atoms with Crippen molar-refractivity contribution >= 4 is 19.4 Å². The smallest absolute Gasteiger partial charge is 1.00 e.